The number of halogens is 2. The van der Waals surface area contributed by atoms with E-state index in [1.807, 2.05) is 6.92 Å². The summed E-state index contributed by atoms with van der Waals surface area (Å²) in [5, 5.41) is 12.2. The van der Waals surface area contributed by atoms with Gasteiger partial charge in [0.15, 0.2) is 0 Å². The Morgan fingerprint density at radius 1 is 1.47 bits per heavy atom. The summed E-state index contributed by atoms with van der Waals surface area (Å²) in [6, 6.07) is 4.35. The van der Waals surface area contributed by atoms with Gasteiger partial charge in [0.05, 0.1) is 0 Å². The van der Waals surface area contributed by atoms with Gasteiger partial charge in [-0.15, -0.1) is 0 Å². The van der Waals surface area contributed by atoms with E-state index in [9.17, 15) is 9.18 Å². The summed E-state index contributed by atoms with van der Waals surface area (Å²) in [5.74, 6) is -0.721. The van der Waals surface area contributed by atoms with Gasteiger partial charge in [0, 0.05) is 18.0 Å². The first-order valence-corrected chi connectivity index (χ1v) is 6.73. The van der Waals surface area contributed by atoms with E-state index in [2.05, 4.69) is 5.32 Å². The molecule has 0 spiro atoms. The lowest BCUT2D eigenvalue weighted by molar-refractivity contribution is -0.137. The second-order valence-corrected chi connectivity index (χ2v) is 5.15. The molecule has 5 heteroatoms. The van der Waals surface area contributed by atoms with Crippen LogP contribution in [0.5, 0.6) is 0 Å². The summed E-state index contributed by atoms with van der Waals surface area (Å²) >= 11 is 5.91. The quantitative estimate of drug-likeness (QED) is 0.720. The van der Waals surface area contributed by atoms with E-state index in [1.165, 1.54) is 12.1 Å². The molecule has 0 bridgehead atoms. The van der Waals surface area contributed by atoms with E-state index in [-0.39, 0.29) is 12.2 Å². The number of carboxylic acid groups (broad SMARTS) is 1. The van der Waals surface area contributed by atoms with Crippen molar-refractivity contribution in [3.05, 3.63) is 34.6 Å². The van der Waals surface area contributed by atoms with Gasteiger partial charge in [0.25, 0.3) is 0 Å². The van der Waals surface area contributed by atoms with Crippen LogP contribution in [0.25, 0.3) is 0 Å². The molecule has 0 radical (unpaired) electrons. The molecule has 106 valence electrons. The van der Waals surface area contributed by atoms with E-state index in [0.29, 0.717) is 23.9 Å². The Bertz CT molecular complexity index is 426. The van der Waals surface area contributed by atoms with Crippen LogP contribution in [0.4, 0.5) is 4.39 Å². The molecule has 1 aromatic carbocycles. The lowest BCUT2D eigenvalue weighted by Crippen LogP contribution is -2.17. The molecule has 0 saturated heterocycles. The fraction of sp³-hybridized carbons (Fsp3) is 0.500. The van der Waals surface area contributed by atoms with Crippen LogP contribution in [0, 0.1) is 11.7 Å². The van der Waals surface area contributed by atoms with E-state index < -0.39 is 5.97 Å². The van der Waals surface area contributed by atoms with Gasteiger partial charge >= 0.3 is 5.97 Å². The van der Waals surface area contributed by atoms with Crippen molar-refractivity contribution >= 4 is 17.6 Å². The number of nitrogens with one attached hydrogen (secondary N) is 1. The highest BCUT2D eigenvalue weighted by Gasteiger charge is 2.06. The Hall–Kier alpha value is -1.13. The lowest BCUT2D eigenvalue weighted by atomic mass is 10.0. The van der Waals surface area contributed by atoms with Gasteiger partial charge in [-0.1, -0.05) is 24.6 Å². The van der Waals surface area contributed by atoms with Crippen LogP contribution in [-0.4, -0.2) is 17.6 Å². The lowest BCUT2D eigenvalue weighted by Gasteiger charge is -2.11. The molecule has 0 fully saturated rings. The van der Waals surface area contributed by atoms with Gasteiger partial charge < -0.3 is 10.4 Å². The molecule has 0 heterocycles. The molecule has 0 saturated carbocycles. The minimum atomic E-state index is -0.752. The number of aliphatic carboxylic acids is 1. The highest BCUT2D eigenvalue weighted by molar-refractivity contribution is 6.31. The maximum Gasteiger partial charge on any atom is 0.303 e. The summed E-state index contributed by atoms with van der Waals surface area (Å²) in [7, 11) is 0. The summed E-state index contributed by atoms with van der Waals surface area (Å²) in [4.78, 5) is 10.4. The predicted octanol–water partition coefficient (Wildman–Crippen LogP) is 3.46. The van der Waals surface area contributed by atoms with Crippen LogP contribution in [0.1, 0.15) is 31.7 Å². The van der Waals surface area contributed by atoms with Crippen molar-refractivity contribution in [2.75, 3.05) is 6.54 Å². The van der Waals surface area contributed by atoms with E-state index in [0.717, 1.165) is 18.5 Å². The maximum atomic E-state index is 12.8. The predicted molar refractivity (Wildman–Crippen MR) is 73.8 cm³/mol. The molecule has 19 heavy (non-hydrogen) atoms. The van der Waals surface area contributed by atoms with Gasteiger partial charge in [-0.05, 0) is 43.0 Å². The van der Waals surface area contributed by atoms with Crippen LogP contribution in [0.2, 0.25) is 5.02 Å². The number of rotatable bonds is 8. The smallest absolute Gasteiger partial charge is 0.303 e. The number of carbonyl (C=O) groups is 1. The largest absolute Gasteiger partial charge is 0.481 e. The normalized spacial score (nSPS) is 12.4. The average molecular weight is 288 g/mol. The number of hydrogen-bond donors (Lipinski definition) is 2. The molecule has 1 atom stereocenters. The first-order valence-electron chi connectivity index (χ1n) is 6.35. The Balaban J connectivity index is 2.21. The van der Waals surface area contributed by atoms with E-state index in [1.54, 1.807) is 6.07 Å². The van der Waals surface area contributed by atoms with Gasteiger partial charge in [-0.3, -0.25) is 4.79 Å². The van der Waals surface area contributed by atoms with Crippen LogP contribution >= 0.6 is 11.6 Å². The third-order valence-electron chi connectivity index (χ3n) is 3.00. The van der Waals surface area contributed by atoms with Crippen molar-refractivity contribution in [1.29, 1.82) is 0 Å². The zero-order valence-electron chi connectivity index (χ0n) is 11.0. The van der Waals surface area contributed by atoms with Crippen molar-refractivity contribution in [3.63, 3.8) is 0 Å². The van der Waals surface area contributed by atoms with Crippen LogP contribution in [0.3, 0.4) is 0 Å². The second-order valence-electron chi connectivity index (χ2n) is 4.74. The molecule has 0 aliphatic carbocycles. The highest BCUT2D eigenvalue weighted by atomic mass is 35.5. The molecule has 2 N–H and O–H groups in total. The zero-order chi connectivity index (χ0) is 14.3. The van der Waals surface area contributed by atoms with Crippen molar-refractivity contribution in [2.24, 2.45) is 5.92 Å². The van der Waals surface area contributed by atoms with Gasteiger partial charge in [-0.25, -0.2) is 4.39 Å². The first-order chi connectivity index (χ1) is 8.99. The van der Waals surface area contributed by atoms with Crippen molar-refractivity contribution in [2.45, 2.75) is 32.7 Å². The zero-order valence-corrected chi connectivity index (χ0v) is 11.7. The Morgan fingerprint density at radius 3 is 2.84 bits per heavy atom. The Labute approximate surface area is 117 Å². The van der Waals surface area contributed by atoms with Crippen molar-refractivity contribution in [1.82, 2.24) is 5.32 Å². The minimum Gasteiger partial charge on any atom is -0.481 e. The van der Waals surface area contributed by atoms with Crippen LogP contribution in [0.15, 0.2) is 18.2 Å². The number of carboxylic acids is 1. The number of hydrogen-bond acceptors (Lipinski definition) is 2. The molecule has 0 aliphatic heterocycles. The first kappa shape index (κ1) is 15.9. The topological polar surface area (TPSA) is 49.3 Å². The molecule has 1 unspecified atom stereocenters. The molecule has 0 amide bonds. The average Bonchev–Trinajstić information content (AvgIpc) is 2.34. The molecule has 3 nitrogen and oxygen atoms in total. The van der Waals surface area contributed by atoms with Gasteiger partial charge in [0.2, 0.25) is 0 Å². The summed E-state index contributed by atoms with van der Waals surface area (Å²) < 4.78 is 12.8. The molecule has 0 aromatic heterocycles. The second kappa shape index (κ2) is 8.12. The molecule has 0 aliphatic rings. The van der Waals surface area contributed by atoms with Crippen LogP contribution < -0.4 is 5.32 Å². The van der Waals surface area contributed by atoms with Crippen molar-refractivity contribution < 1.29 is 14.3 Å². The summed E-state index contributed by atoms with van der Waals surface area (Å²) in [6.45, 7) is 3.41. The summed E-state index contributed by atoms with van der Waals surface area (Å²) in [5.41, 5.74) is 0.862. The monoisotopic (exact) mass is 287 g/mol. The third-order valence-corrected chi connectivity index (χ3v) is 3.35. The molecular formula is C14H19ClFNO2. The highest BCUT2D eigenvalue weighted by Crippen LogP contribution is 2.17. The standard InChI is InChI=1S/C14H19ClFNO2/c1-10(2-5-14(18)19)6-7-17-9-11-3-4-12(16)8-13(11)15/h3-4,8,10,17H,2,5-7,9H2,1H3,(H,18,19). The van der Waals surface area contributed by atoms with E-state index >= 15 is 0 Å². The van der Waals surface area contributed by atoms with Gasteiger partial charge in [-0.2, -0.15) is 0 Å². The fourth-order valence-electron chi connectivity index (χ4n) is 1.75. The minimum absolute atomic E-state index is 0.213. The van der Waals surface area contributed by atoms with Crippen LogP contribution in [-0.2, 0) is 11.3 Å². The van der Waals surface area contributed by atoms with Crippen molar-refractivity contribution in [3.8, 4) is 0 Å². The van der Waals surface area contributed by atoms with E-state index in [4.69, 9.17) is 16.7 Å². The molecule has 1 aromatic rings. The Morgan fingerprint density at radius 2 is 2.21 bits per heavy atom. The SMILES string of the molecule is CC(CCNCc1ccc(F)cc1Cl)CCC(=O)O. The molecule has 1 rings (SSSR count). The Kier molecular flexibility index (Phi) is 6.81. The molecular weight excluding hydrogens is 269 g/mol. The van der Waals surface area contributed by atoms with Gasteiger partial charge in [0.1, 0.15) is 5.82 Å². The third kappa shape index (κ3) is 6.55. The number of benzene rings is 1. The maximum absolute atomic E-state index is 12.8. The summed E-state index contributed by atoms with van der Waals surface area (Å²) in [6.07, 6.45) is 1.81. The fourth-order valence-corrected chi connectivity index (χ4v) is 1.98.